The van der Waals surface area contributed by atoms with Crippen molar-refractivity contribution in [2.24, 2.45) is 5.92 Å². The number of halogens is 5. The Balaban J connectivity index is 2.06. The van der Waals surface area contributed by atoms with Crippen LogP contribution in [0.1, 0.15) is 36.6 Å². The average Bonchev–Trinajstić information content (AvgIpc) is 3.07. The third-order valence-corrected chi connectivity index (χ3v) is 6.22. The Bertz CT molecular complexity index is 1080. The molecule has 0 aliphatic carbocycles. The van der Waals surface area contributed by atoms with E-state index in [1.54, 1.807) is 0 Å². The lowest BCUT2D eigenvalue weighted by Crippen LogP contribution is -2.47. The van der Waals surface area contributed by atoms with E-state index in [0.29, 0.717) is 0 Å². The third kappa shape index (κ3) is 4.32. The zero-order valence-corrected chi connectivity index (χ0v) is 18.4. The summed E-state index contributed by atoms with van der Waals surface area (Å²) in [5, 5.41) is 21.1. The summed E-state index contributed by atoms with van der Waals surface area (Å²) in [6.45, 7) is 0.999. The lowest BCUT2D eigenvalue weighted by atomic mass is 9.77. The molecule has 1 saturated heterocycles. The fourth-order valence-corrected chi connectivity index (χ4v) is 4.14. The number of benzene rings is 1. The number of aliphatic hydroxyl groups excluding tert-OH is 2. The molecule has 3 rings (SSSR count). The topological polar surface area (TPSA) is 101 Å². The second kappa shape index (κ2) is 9.43. The van der Waals surface area contributed by atoms with Crippen LogP contribution in [0.25, 0.3) is 0 Å². The predicted molar refractivity (Wildman–Crippen MR) is 109 cm³/mol. The molecule has 1 fully saturated rings. The number of amides is 1. The van der Waals surface area contributed by atoms with Gasteiger partial charge in [0.2, 0.25) is 5.82 Å². The van der Waals surface area contributed by atoms with Gasteiger partial charge in [-0.15, -0.1) is 0 Å². The van der Waals surface area contributed by atoms with Gasteiger partial charge in [0.05, 0.1) is 37.9 Å². The van der Waals surface area contributed by atoms with Gasteiger partial charge in [-0.1, -0.05) is 13.0 Å². The predicted octanol–water partition coefficient (Wildman–Crippen LogP) is 3.43. The van der Waals surface area contributed by atoms with E-state index in [0.717, 1.165) is 32.4 Å². The molecule has 1 amide bonds. The molecule has 12 heteroatoms. The van der Waals surface area contributed by atoms with Crippen molar-refractivity contribution in [3.05, 3.63) is 52.9 Å². The number of ether oxygens (including phenoxy) is 2. The molecule has 2 aromatic rings. The number of carbonyl (C=O) groups excluding carboxylic acids is 1. The number of aromatic nitrogens is 1. The third-order valence-electron chi connectivity index (χ3n) is 6.22. The fourth-order valence-electron chi connectivity index (χ4n) is 4.14. The summed E-state index contributed by atoms with van der Waals surface area (Å²) in [5.74, 6) is -7.05. The summed E-state index contributed by atoms with van der Waals surface area (Å²) in [6.07, 6.45) is -5.51. The van der Waals surface area contributed by atoms with Crippen LogP contribution >= 0.6 is 0 Å². The molecule has 0 bridgehead atoms. The van der Waals surface area contributed by atoms with E-state index in [4.69, 9.17) is 9.47 Å². The molecule has 4 atom stereocenters. The zero-order chi connectivity index (χ0) is 25.4. The average molecular weight is 490 g/mol. The van der Waals surface area contributed by atoms with Crippen molar-refractivity contribution in [3.8, 4) is 5.75 Å². The van der Waals surface area contributed by atoms with Gasteiger partial charge >= 0.3 is 6.18 Å². The minimum absolute atomic E-state index is 0.0270. The smallest absolute Gasteiger partial charge is 0.417 e. The summed E-state index contributed by atoms with van der Waals surface area (Å²) >= 11 is 0. The number of rotatable bonds is 6. The van der Waals surface area contributed by atoms with Crippen molar-refractivity contribution < 1.29 is 46.4 Å². The van der Waals surface area contributed by atoms with E-state index in [9.17, 15) is 37.0 Å². The van der Waals surface area contributed by atoms with Gasteiger partial charge in [-0.3, -0.25) is 9.78 Å². The number of nitrogens with one attached hydrogen (secondary N) is 1. The number of hydrogen-bond acceptors (Lipinski definition) is 6. The van der Waals surface area contributed by atoms with Crippen LogP contribution in [0.2, 0.25) is 0 Å². The molecule has 7 nitrogen and oxygen atoms in total. The van der Waals surface area contributed by atoms with Crippen LogP contribution in [0.3, 0.4) is 0 Å². The molecule has 1 aliphatic rings. The lowest BCUT2D eigenvalue weighted by molar-refractivity contribution is -0.272. The van der Waals surface area contributed by atoms with Crippen molar-refractivity contribution in [2.75, 3.05) is 12.4 Å². The summed E-state index contributed by atoms with van der Waals surface area (Å²) in [4.78, 5) is 17.0. The zero-order valence-electron chi connectivity index (χ0n) is 18.4. The molecular formula is C22H23F5N2O5. The van der Waals surface area contributed by atoms with Gasteiger partial charge in [0.1, 0.15) is 6.10 Å². The van der Waals surface area contributed by atoms with Crippen molar-refractivity contribution in [2.45, 2.75) is 50.9 Å². The Hall–Kier alpha value is -2.83. The van der Waals surface area contributed by atoms with Crippen molar-refractivity contribution >= 4 is 11.6 Å². The van der Waals surface area contributed by atoms with E-state index in [2.05, 4.69) is 10.3 Å². The van der Waals surface area contributed by atoms with Crippen LogP contribution in [0.5, 0.6) is 5.75 Å². The summed E-state index contributed by atoms with van der Waals surface area (Å²) in [6, 6.07) is 3.10. The molecule has 0 saturated carbocycles. The van der Waals surface area contributed by atoms with E-state index in [-0.39, 0.29) is 22.5 Å². The maximum Gasteiger partial charge on any atom is 0.417 e. The normalized spacial score (nSPS) is 24.8. The minimum Gasteiger partial charge on any atom is -0.493 e. The van der Waals surface area contributed by atoms with Crippen LogP contribution in [0.15, 0.2) is 24.4 Å². The van der Waals surface area contributed by atoms with Crippen LogP contribution < -0.4 is 10.1 Å². The number of methoxy groups -OCH3 is 1. The van der Waals surface area contributed by atoms with Crippen molar-refractivity contribution in [1.82, 2.24) is 4.98 Å². The Kier molecular flexibility index (Phi) is 7.15. The minimum atomic E-state index is -4.89. The van der Waals surface area contributed by atoms with Gasteiger partial charge in [0.15, 0.2) is 17.2 Å². The van der Waals surface area contributed by atoms with Crippen molar-refractivity contribution in [1.29, 1.82) is 0 Å². The molecule has 1 aromatic carbocycles. The number of nitrogens with zero attached hydrogens (tertiary/aromatic N) is 1. The Labute approximate surface area is 191 Å². The van der Waals surface area contributed by atoms with Crippen molar-refractivity contribution in [3.63, 3.8) is 0 Å². The molecule has 34 heavy (non-hydrogen) atoms. The quantitative estimate of drug-likeness (QED) is 0.537. The number of alkyl halides is 3. The molecule has 0 unspecified atom stereocenters. The first-order valence-corrected chi connectivity index (χ1v) is 10.2. The fraction of sp³-hybridized carbons (Fsp3) is 0.455. The van der Waals surface area contributed by atoms with Gasteiger partial charge in [0, 0.05) is 23.0 Å². The number of hydrogen-bond donors (Lipinski definition) is 3. The molecule has 186 valence electrons. The second-order valence-electron chi connectivity index (χ2n) is 8.08. The number of anilines is 1. The van der Waals surface area contributed by atoms with Gasteiger partial charge in [-0.2, -0.15) is 17.6 Å². The highest BCUT2D eigenvalue weighted by Crippen LogP contribution is 2.55. The maximum absolute atomic E-state index is 14.4. The Morgan fingerprint density at radius 1 is 1.26 bits per heavy atom. The lowest BCUT2D eigenvalue weighted by Gasteiger charge is -2.32. The van der Waals surface area contributed by atoms with Gasteiger partial charge in [-0.25, -0.2) is 4.39 Å². The molecule has 0 radical (unpaired) electrons. The monoisotopic (exact) mass is 490 g/mol. The number of pyridine rings is 1. The number of carbonyl (C=O) groups is 1. The SMILES string of the molecule is COc1c([C@H]2[C@H](C(=O)Nc3cnc(CO)c(CO)c3)O[C@@](C)(C(F)(F)F)[C@H]2C)ccc(F)c1F. The highest BCUT2D eigenvalue weighted by atomic mass is 19.4. The molecule has 3 N–H and O–H groups in total. The largest absolute Gasteiger partial charge is 0.493 e. The molecule has 2 heterocycles. The first-order chi connectivity index (χ1) is 15.9. The van der Waals surface area contributed by atoms with Gasteiger partial charge in [-0.05, 0) is 19.1 Å². The summed E-state index contributed by atoms with van der Waals surface area (Å²) in [5.41, 5.74) is -2.57. The molecular weight excluding hydrogens is 467 g/mol. The highest BCUT2D eigenvalue weighted by Gasteiger charge is 2.65. The summed E-state index contributed by atoms with van der Waals surface area (Å²) < 4.78 is 80.3. The van der Waals surface area contributed by atoms with E-state index in [1.165, 1.54) is 13.0 Å². The second-order valence-corrected chi connectivity index (χ2v) is 8.08. The Morgan fingerprint density at radius 3 is 2.50 bits per heavy atom. The van der Waals surface area contributed by atoms with E-state index in [1.807, 2.05) is 0 Å². The molecule has 1 aliphatic heterocycles. The Morgan fingerprint density at radius 2 is 1.94 bits per heavy atom. The van der Waals surface area contributed by atoms with Crippen LogP contribution in [0, 0.1) is 17.6 Å². The van der Waals surface area contributed by atoms with Gasteiger partial charge < -0.3 is 25.0 Å². The van der Waals surface area contributed by atoms with Crippen LogP contribution in [0.4, 0.5) is 27.6 Å². The summed E-state index contributed by atoms with van der Waals surface area (Å²) in [7, 11) is 1.03. The maximum atomic E-state index is 14.4. The van der Waals surface area contributed by atoms with Gasteiger partial charge in [0.25, 0.3) is 5.91 Å². The standard InChI is InChI=1S/C22H23F5N2O5/c1-10-16(13-4-5-14(23)17(24)18(13)33-3)19(34-21(10,2)22(25,26)27)20(32)29-12-6-11(8-30)15(9-31)28-7-12/h4-7,10,16,19,30-31H,8-9H2,1-3H3,(H,29,32)/t10-,16-,19+,21+/m0/s1. The molecule has 1 aromatic heterocycles. The highest BCUT2D eigenvalue weighted by molar-refractivity contribution is 5.95. The van der Waals surface area contributed by atoms with Crippen LogP contribution in [-0.4, -0.2) is 46.1 Å². The number of aliphatic hydroxyl groups is 2. The van der Waals surface area contributed by atoms with Crippen LogP contribution in [-0.2, 0) is 22.7 Å². The first-order valence-electron chi connectivity index (χ1n) is 10.2. The first kappa shape index (κ1) is 25.8. The van der Waals surface area contributed by atoms with E-state index >= 15 is 0 Å². The van der Waals surface area contributed by atoms with E-state index < -0.39 is 66.2 Å². The molecule has 0 spiro atoms.